The van der Waals surface area contributed by atoms with E-state index >= 15 is 0 Å². The largest absolute Gasteiger partial charge is 0.336 e. The number of amides is 4. The average molecular weight is 354 g/mol. The van der Waals surface area contributed by atoms with Crippen LogP contribution in [0.25, 0.3) is 0 Å². The van der Waals surface area contributed by atoms with Gasteiger partial charge >= 0.3 is 6.03 Å². The van der Waals surface area contributed by atoms with Gasteiger partial charge < -0.3 is 10.6 Å². The van der Waals surface area contributed by atoms with Crippen molar-refractivity contribution in [3.8, 4) is 0 Å². The summed E-state index contributed by atoms with van der Waals surface area (Å²) in [6.45, 7) is 0.00851. The first-order valence-corrected chi connectivity index (χ1v) is 7.72. The zero-order valence-corrected chi connectivity index (χ0v) is 13.5. The number of nitro groups is 1. The molecule has 0 saturated carbocycles. The quantitative estimate of drug-likeness (QED) is 0.483. The lowest BCUT2D eigenvalue weighted by Crippen LogP contribution is -2.39. The molecule has 9 heteroatoms. The molecule has 0 unspecified atom stereocenters. The van der Waals surface area contributed by atoms with Gasteiger partial charge in [0.25, 0.3) is 17.5 Å². The molecule has 9 nitrogen and oxygen atoms in total. The van der Waals surface area contributed by atoms with Gasteiger partial charge in [0, 0.05) is 19.2 Å². The monoisotopic (exact) mass is 354 g/mol. The first kappa shape index (κ1) is 17.1. The molecule has 132 valence electrons. The Balaban J connectivity index is 1.56. The van der Waals surface area contributed by atoms with Crippen LogP contribution in [0.2, 0.25) is 0 Å². The number of hydrogen-bond donors (Lipinski definition) is 2. The van der Waals surface area contributed by atoms with Crippen LogP contribution in [0, 0.1) is 10.1 Å². The molecule has 0 fully saturated rings. The Bertz CT molecular complexity index is 877. The Hall–Kier alpha value is -3.75. The third-order valence-corrected chi connectivity index (χ3v) is 3.85. The number of anilines is 1. The number of nitro benzene ring substituents is 1. The smallest absolute Gasteiger partial charge is 0.319 e. The summed E-state index contributed by atoms with van der Waals surface area (Å²) in [5, 5.41) is 15.8. The van der Waals surface area contributed by atoms with Gasteiger partial charge in [0.2, 0.25) is 0 Å². The van der Waals surface area contributed by atoms with E-state index in [4.69, 9.17) is 0 Å². The van der Waals surface area contributed by atoms with E-state index < -0.39 is 22.8 Å². The molecule has 3 rings (SSSR count). The molecular weight excluding hydrogens is 340 g/mol. The maximum absolute atomic E-state index is 12.2. The van der Waals surface area contributed by atoms with Crippen LogP contribution >= 0.6 is 0 Å². The third kappa shape index (κ3) is 3.22. The molecule has 2 aromatic carbocycles. The van der Waals surface area contributed by atoms with Gasteiger partial charge in [0.15, 0.2) is 0 Å². The number of nitrogens with zero attached hydrogens (tertiary/aromatic N) is 2. The van der Waals surface area contributed by atoms with Gasteiger partial charge in [-0.15, -0.1) is 0 Å². The summed E-state index contributed by atoms with van der Waals surface area (Å²) < 4.78 is 0. The van der Waals surface area contributed by atoms with Crippen molar-refractivity contribution in [2.75, 3.05) is 18.4 Å². The fourth-order valence-corrected chi connectivity index (χ4v) is 2.63. The predicted octanol–water partition coefficient (Wildman–Crippen LogP) is 2.01. The van der Waals surface area contributed by atoms with E-state index in [9.17, 15) is 24.5 Å². The Morgan fingerprint density at radius 1 is 1.00 bits per heavy atom. The van der Waals surface area contributed by atoms with Crippen LogP contribution in [0.4, 0.5) is 16.2 Å². The number of urea groups is 1. The van der Waals surface area contributed by atoms with Gasteiger partial charge in [-0.05, 0) is 18.2 Å². The van der Waals surface area contributed by atoms with Crippen molar-refractivity contribution in [3.05, 3.63) is 69.8 Å². The molecule has 0 aliphatic carbocycles. The summed E-state index contributed by atoms with van der Waals surface area (Å²) in [6, 6.07) is 11.5. The summed E-state index contributed by atoms with van der Waals surface area (Å²) in [7, 11) is 0. The first-order valence-electron chi connectivity index (χ1n) is 7.72. The first-order chi connectivity index (χ1) is 12.5. The molecule has 0 atom stereocenters. The Kier molecular flexibility index (Phi) is 4.61. The predicted molar refractivity (Wildman–Crippen MR) is 91.9 cm³/mol. The molecule has 0 radical (unpaired) electrons. The number of benzene rings is 2. The van der Waals surface area contributed by atoms with Crippen LogP contribution in [0.3, 0.4) is 0 Å². The van der Waals surface area contributed by atoms with Crippen LogP contribution in [0.5, 0.6) is 0 Å². The molecule has 0 saturated heterocycles. The van der Waals surface area contributed by atoms with E-state index in [2.05, 4.69) is 10.6 Å². The lowest BCUT2D eigenvalue weighted by molar-refractivity contribution is -0.383. The second-order valence-corrected chi connectivity index (χ2v) is 5.46. The fraction of sp³-hybridized carbons (Fsp3) is 0.118. The van der Waals surface area contributed by atoms with E-state index in [1.54, 1.807) is 30.3 Å². The van der Waals surface area contributed by atoms with Gasteiger partial charge in [-0.3, -0.25) is 24.6 Å². The van der Waals surface area contributed by atoms with E-state index in [1.165, 1.54) is 18.2 Å². The van der Waals surface area contributed by atoms with Gasteiger partial charge in [0.05, 0.1) is 16.1 Å². The highest BCUT2D eigenvalue weighted by molar-refractivity contribution is 6.21. The van der Waals surface area contributed by atoms with Crippen molar-refractivity contribution in [2.45, 2.75) is 0 Å². The van der Waals surface area contributed by atoms with E-state index in [1.807, 2.05) is 0 Å². The number of imide groups is 1. The van der Waals surface area contributed by atoms with Crippen molar-refractivity contribution in [1.29, 1.82) is 0 Å². The second kappa shape index (κ2) is 7.01. The second-order valence-electron chi connectivity index (χ2n) is 5.46. The van der Waals surface area contributed by atoms with Gasteiger partial charge in [-0.2, -0.15) is 0 Å². The summed E-state index contributed by atoms with van der Waals surface area (Å²) in [6.07, 6.45) is 0. The van der Waals surface area contributed by atoms with E-state index in [-0.39, 0.29) is 24.5 Å². The van der Waals surface area contributed by atoms with Gasteiger partial charge in [-0.1, -0.05) is 24.3 Å². The number of fused-ring (bicyclic) bond motifs is 1. The van der Waals surface area contributed by atoms with Crippen molar-refractivity contribution in [1.82, 2.24) is 10.2 Å². The normalized spacial score (nSPS) is 12.7. The minimum absolute atomic E-state index is 0.00332. The highest BCUT2D eigenvalue weighted by atomic mass is 16.6. The average Bonchev–Trinajstić information content (AvgIpc) is 2.87. The maximum atomic E-state index is 12.2. The van der Waals surface area contributed by atoms with E-state index in [0.717, 1.165) is 4.90 Å². The van der Waals surface area contributed by atoms with E-state index in [0.29, 0.717) is 11.1 Å². The summed E-state index contributed by atoms with van der Waals surface area (Å²) >= 11 is 0. The minimum atomic E-state index is -0.670. The topological polar surface area (TPSA) is 122 Å². The number of carbonyl (C=O) groups is 3. The van der Waals surface area contributed by atoms with Gasteiger partial charge in [0.1, 0.15) is 5.69 Å². The Labute approximate surface area is 147 Å². The Morgan fingerprint density at radius 2 is 1.58 bits per heavy atom. The number of para-hydroxylation sites is 2. The highest BCUT2D eigenvalue weighted by Gasteiger charge is 2.34. The maximum Gasteiger partial charge on any atom is 0.319 e. The molecule has 0 bridgehead atoms. The molecular formula is C17H14N4O5. The third-order valence-electron chi connectivity index (χ3n) is 3.85. The number of nitrogens with one attached hydrogen (secondary N) is 2. The van der Waals surface area contributed by atoms with Crippen molar-refractivity contribution < 1.29 is 19.3 Å². The Morgan fingerprint density at radius 3 is 2.19 bits per heavy atom. The molecule has 26 heavy (non-hydrogen) atoms. The van der Waals surface area contributed by atoms with Crippen molar-refractivity contribution >= 4 is 29.2 Å². The van der Waals surface area contributed by atoms with Crippen molar-refractivity contribution in [2.24, 2.45) is 0 Å². The summed E-state index contributed by atoms with van der Waals surface area (Å²) in [5.74, 6) is -0.821. The molecule has 2 N–H and O–H groups in total. The SMILES string of the molecule is O=C(NCCN1C(=O)c2ccccc2C1=O)Nc1ccccc1[N+](=O)[O-]. The summed E-state index contributed by atoms with van der Waals surface area (Å²) in [4.78, 5) is 47.7. The van der Waals surface area contributed by atoms with Crippen LogP contribution in [0.15, 0.2) is 48.5 Å². The standard InChI is InChI=1S/C17H14N4O5/c22-15-11-5-1-2-6-12(11)16(23)20(15)10-9-18-17(24)19-13-7-3-4-8-14(13)21(25)26/h1-8H,9-10H2,(H2,18,19,24). The number of rotatable bonds is 5. The van der Waals surface area contributed by atoms with Gasteiger partial charge in [-0.25, -0.2) is 4.79 Å². The highest BCUT2D eigenvalue weighted by Crippen LogP contribution is 2.23. The number of carbonyl (C=O) groups excluding carboxylic acids is 3. The fourth-order valence-electron chi connectivity index (χ4n) is 2.63. The molecule has 0 aromatic heterocycles. The van der Waals surface area contributed by atoms with Crippen LogP contribution in [0.1, 0.15) is 20.7 Å². The molecule has 2 aromatic rings. The molecule has 0 spiro atoms. The van der Waals surface area contributed by atoms with Crippen LogP contribution in [-0.4, -0.2) is 40.8 Å². The van der Waals surface area contributed by atoms with Crippen LogP contribution in [-0.2, 0) is 0 Å². The molecule has 1 aliphatic rings. The summed E-state index contributed by atoms with van der Waals surface area (Å²) in [5.41, 5.74) is 0.488. The minimum Gasteiger partial charge on any atom is -0.336 e. The zero-order valence-electron chi connectivity index (χ0n) is 13.5. The lowest BCUT2D eigenvalue weighted by Gasteiger charge is -2.14. The zero-order chi connectivity index (χ0) is 18.7. The van der Waals surface area contributed by atoms with Crippen molar-refractivity contribution in [3.63, 3.8) is 0 Å². The molecule has 1 aliphatic heterocycles. The molecule has 4 amide bonds. The van der Waals surface area contributed by atoms with Crippen LogP contribution < -0.4 is 10.6 Å². The lowest BCUT2D eigenvalue weighted by atomic mass is 10.1. The molecule has 1 heterocycles. The number of hydrogen-bond acceptors (Lipinski definition) is 5.